The Balaban J connectivity index is 2.56. The molecule has 0 unspecified atom stereocenters. The molecule has 1 amide bonds. The summed E-state index contributed by atoms with van der Waals surface area (Å²) in [6.45, 7) is 4.12. The number of benzene rings is 1. The van der Waals surface area contributed by atoms with Crippen LogP contribution in [0.25, 0.3) is 0 Å². The van der Waals surface area contributed by atoms with Crippen LogP contribution < -0.4 is 4.90 Å². The number of carbonyl (C=O) groups excluding carboxylic acids is 2. The summed E-state index contributed by atoms with van der Waals surface area (Å²) < 4.78 is 0. The third-order valence-electron chi connectivity index (χ3n) is 2.79. The molecule has 3 heteroatoms. The van der Waals surface area contributed by atoms with Crippen molar-refractivity contribution in [1.29, 1.82) is 0 Å². The van der Waals surface area contributed by atoms with Crippen LogP contribution in [-0.4, -0.2) is 18.7 Å². The number of carbonyl (C=O) groups is 2. The zero-order valence-corrected chi connectivity index (χ0v) is 9.07. The molecule has 78 valence electrons. The van der Waals surface area contributed by atoms with Crippen molar-refractivity contribution in [2.24, 2.45) is 0 Å². The second-order valence-electron chi connectivity index (χ2n) is 4.12. The van der Waals surface area contributed by atoms with Crippen molar-refractivity contribution in [3.63, 3.8) is 0 Å². The fourth-order valence-corrected chi connectivity index (χ4v) is 1.76. The summed E-state index contributed by atoms with van der Waals surface area (Å²) in [5, 5.41) is 0. The van der Waals surface area contributed by atoms with Gasteiger partial charge in [-0.05, 0) is 23.6 Å². The van der Waals surface area contributed by atoms with Gasteiger partial charge >= 0.3 is 0 Å². The standard InChI is InChI=1S/C12H13NO2/c1-7(2)8-4-5-10-9(6-8)11(14)12(15)13(10)3/h4-7H,1-3H3. The van der Waals surface area contributed by atoms with Crippen molar-refractivity contribution in [2.45, 2.75) is 19.8 Å². The minimum Gasteiger partial charge on any atom is -0.308 e. The normalized spacial score (nSPS) is 15.1. The summed E-state index contributed by atoms with van der Waals surface area (Å²) in [5.74, 6) is -0.468. The molecule has 15 heavy (non-hydrogen) atoms. The van der Waals surface area contributed by atoms with Crippen molar-refractivity contribution in [3.8, 4) is 0 Å². The molecule has 1 aliphatic rings. The van der Waals surface area contributed by atoms with Gasteiger partial charge in [0, 0.05) is 7.05 Å². The third kappa shape index (κ3) is 1.35. The number of ketones is 1. The number of anilines is 1. The molecule has 3 nitrogen and oxygen atoms in total. The first-order chi connectivity index (χ1) is 7.02. The Labute approximate surface area is 88.7 Å². The van der Waals surface area contributed by atoms with Gasteiger partial charge in [0.25, 0.3) is 11.7 Å². The van der Waals surface area contributed by atoms with Gasteiger partial charge < -0.3 is 4.90 Å². The third-order valence-corrected chi connectivity index (χ3v) is 2.79. The lowest BCUT2D eigenvalue weighted by atomic mass is 9.99. The van der Waals surface area contributed by atoms with E-state index in [-0.39, 0.29) is 0 Å². The van der Waals surface area contributed by atoms with Crippen LogP contribution in [0.15, 0.2) is 18.2 Å². The van der Waals surface area contributed by atoms with Gasteiger partial charge in [-0.3, -0.25) is 9.59 Å². The summed E-state index contributed by atoms with van der Waals surface area (Å²) >= 11 is 0. The Morgan fingerprint density at radius 1 is 1.20 bits per heavy atom. The summed E-state index contributed by atoms with van der Waals surface area (Å²) in [7, 11) is 1.63. The molecule has 0 N–H and O–H groups in total. The molecule has 1 aliphatic heterocycles. The maximum atomic E-state index is 11.6. The smallest absolute Gasteiger partial charge is 0.299 e. The fraction of sp³-hybridized carbons (Fsp3) is 0.333. The molecule has 1 heterocycles. The van der Waals surface area contributed by atoms with E-state index in [1.54, 1.807) is 7.05 Å². The predicted octanol–water partition coefficient (Wildman–Crippen LogP) is 1.97. The van der Waals surface area contributed by atoms with E-state index >= 15 is 0 Å². The average Bonchev–Trinajstić information content (AvgIpc) is 2.44. The van der Waals surface area contributed by atoms with Crippen LogP contribution in [0.5, 0.6) is 0 Å². The Morgan fingerprint density at radius 2 is 1.87 bits per heavy atom. The molecule has 0 radical (unpaired) electrons. The van der Waals surface area contributed by atoms with Crippen molar-refractivity contribution in [2.75, 3.05) is 11.9 Å². The number of hydrogen-bond donors (Lipinski definition) is 0. The molecule has 1 aromatic carbocycles. The van der Waals surface area contributed by atoms with Gasteiger partial charge in [0.1, 0.15) is 0 Å². The lowest BCUT2D eigenvalue weighted by Crippen LogP contribution is -2.24. The monoisotopic (exact) mass is 203 g/mol. The predicted molar refractivity (Wildman–Crippen MR) is 58.3 cm³/mol. The van der Waals surface area contributed by atoms with Crippen LogP contribution in [0.3, 0.4) is 0 Å². The average molecular weight is 203 g/mol. The molecule has 0 bridgehead atoms. The highest BCUT2D eigenvalue weighted by atomic mass is 16.2. The highest BCUT2D eigenvalue weighted by molar-refractivity contribution is 6.52. The Kier molecular flexibility index (Phi) is 2.11. The van der Waals surface area contributed by atoms with E-state index in [1.165, 1.54) is 4.90 Å². The number of rotatable bonds is 1. The van der Waals surface area contributed by atoms with E-state index in [0.717, 1.165) is 11.3 Å². The Hall–Kier alpha value is -1.64. The number of fused-ring (bicyclic) bond motifs is 1. The van der Waals surface area contributed by atoms with Crippen molar-refractivity contribution in [1.82, 2.24) is 0 Å². The SMILES string of the molecule is CC(C)c1ccc2c(c1)C(=O)C(=O)N2C. The zero-order chi connectivity index (χ0) is 11.2. The zero-order valence-electron chi connectivity index (χ0n) is 9.07. The number of amides is 1. The second kappa shape index (κ2) is 3.19. The van der Waals surface area contributed by atoms with E-state index in [9.17, 15) is 9.59 Å². The van der Waals surface area contributed by atoms with Gasteiger partial charge in [-0.2, -0.15) is 0 Å². The van der Waals surface area contributed by atoms with Crippen LogP contribution in [0, 0.1) is 0 Å². The van der Waals surface area contributed by atoms with Crippen LogP contribution in [0.2, 0.25) is 0 Å². The van der Waals surface area contributed by atoms with E-state index in [0.29, 0.717) is 11.5 Å². The molecule has 2 rings (SSSR count). The molecule has 0 spiro atoms. The highest BCUT2D eigenvalue weighted by Crippen LogP contribution is 2.30. The summed E-state index contributed by atoms with van der Waals surface area (Å²) in [5.41, 5.74) is 2.34. The second-order valence-corrected chi connectivity index (χ2v) is 4.12. The first-order valence-electron chi connectivity index (χ1n) is 4.98. The largest absolute Gasteiger partial charge is 0.308 e. The number of likely N-dealkylation sites (N-methyl/N-ethyl adjacent to an activating group) is 1. The minimum atomic E-state index is -0.439. The summed E-state index contributed by atoms with van der Waals surface area (Å²) in [6, 6.07) is 5.63. The molecule has 1 aromatic rings. The molecule has 0 aliphatic carbocycles. The first kappa shape index (κ1) is 9.90. The van der Waals surface area contributed by atoms with Crippen LogP contribution >= 0.6 is 0 Å². The van der Waals surface area contributed by atoms with Crippen LogP contribution in [0.1, 0.15) is 35.7 Å². The fourth-order valence-electron chi connectivity index (χ4n) is 1.76. The minimum absolute atomic E-state index is 0.365. The van der Waals surface area contributed by atoms with Gasteiger partial charge in [-0.1, -0.05) is 19.9 Å². The summed E-state index contributed by atoms with van der Waals surface area (Å²) in [6.07, 6.45) is 0. The van der Waals surface area contributed by atoms with Gasteiger partial charge in [-0.25, -0.2) is 0 Å². The number of nitrogens with zero attached hydrogens (tertiary/aromatic N) is 1. The molecular weight excluding hydrogens is 190 g/mol. The van der Waals surface area contributed by atoms with E-state index in [4.69, 9.17) is 0 Å². The van der Waals surface area contributed by atoms with Crippen molar-refractivity contribution in [3.05, 3.63) is 29.3 Å². The highest BCUT2D eigenvalue weighted by Gasteiger charge is 2.33. The molecule has 0 saturated carbocycles. The Bertz CT molecular complexity index is 449. The van der Waals surface area contributed by atoms with Crippen LogP contribution in [0.4, 0.5) is 5.69 Å². The molecule has 0 saturated heterocycles. The van der Waals surface area contributed by atoms with Gasteiger partial charge in [0.05, 0.1) is 11.3 Å². The molecular formula is C12H13NO2. The van der Waals surface area contributed by atoms with Crippen molar-refractivity contribution < 1.29 is 9.59 Å². The van der Waals surface area contributed by atoms with Gasteiger partial charge in [0.15, 0.2) is 0 Å². The molecule has 0 fully saturated rings. The lowest BCUT2D eigenvalue weighted by Gasteiger charge is -2.10. The van der Waals surface area contributed by atoms with E-state index in [1.807, 2.05) is 18.2 Å². The van der Waals surface area contributed by atoms with Crippen LogP contribution in [-0.2, 0) is 4.79 Å². The number of hydrogen-bond acceptors (Lipinski definition) is 2. The topological polar surface area (TPSA) is 37.4 Å². The van der Waals surface area contributed by atoms with Crippen molar-refractivity contribution >= 4 is 17.4 Å². The van der Waals surface area contributed by atoms with Gasteiger partial charge in [0.2, 0.25) is 0 Å². The van der Waals surface area contributed by atoms with E-state index in [2.05, 4.69) is 13.8 Å². The lowest BCUT2D eigenvalue weighted by molar-refractivity contribution is -0.114. The summed E-state index contributed by atoms with van der Waals surface area (Å²) in [4.78, 5) is 24.4. The Morgan fingerprint density at radius 3 is 2.47 bits per heavy atom. The van der Waals surface area contributed by atoms with E-state index < -0.39 is 11.7 Å². The molecule has 0 aromatic heterocycles. The first-order valence-corrected chi connectivity index (χ1v) is 4.98. The van der Waals surface area contributed by atoms with Gasteiger partial charge in [-0.15, -0.1) is 0 Å². The maximum Gasteiger partial charge on any atom is 0.299 e. The quantitative estimate of drug-likeness (QED) is 0.654. The molecule has 0 atom stereocenters. The number of Topliss-reactive ketones (excluding diaryl/α,β-unsaturated/α-hetero) is 1. The maximum absolute atomic E-state index is 11.6.